The summed E-state index contributed by atoms with van der Waals surface area (Å²) in [6.07, 6.45) is 0. The molecule has 0 bridgehead atoms. The van der Waals surface area contributed by atoms with Gasteiger partial charge in [-0.25, -0.2) is 0 Å². The molecule has 168 valence electrons. The number of furan rings is 1. The van der Waals surface area contributed by atoms with E-state index in [0.717, 1.165) is 11.2 Å². The maximum atomic E-state index is 6.37. The van der Waals surface area contributed by atoms with Crippen molar-refractivity contribution in [2.45, 2.75) is 0 Å². The van der Waals surface area contributed by atoms with Crippen LogP contribution < -0.4 is 0 Å². The summed E-state index contributed by atoms with van der Waals surface area (Å²) in [5, 5.41) is 8.66. The van der Waals surface area contributed by atoms with E-state index in [9.17, 15) is 0 Å². The smallest absolute Gasteiger partial charge is 0.144 e. The molecule has 0 unspecified atom stereocenters. The first-order chi connectivity index (χ1) is 17.9. The van der Waals surface area contributed by atoms with Crippen LogP contribution in [0.5, 0.6) is 0 Å². The van der Waals surface area contributed by atoms with Crippen LogP contribution in [-0.2, 0) is 0 Å². The molecule has 0 fully saturated rings. The lowest BCUT2D eigenvalue weighted by molar-refractivity contribution is 0.673. The fraction of sp³-hybridized carbons (Fsp3) is 0. The van der Waals surface area contributed by atoms with Crippen LogP contribution in [0.1, 0.15) is 0 Å². The zero-order valence-electron chi connectivity index (χ0n) is 19.4. The number of hydrogen-bond donors (Lipinski definition) is 0. The van der Waals surface area contributed by atoms with Gasteiger partial charge < -0.3 is 4.42 Å². The number of rotatable bonds is 2. The Balaban J connectivity index is 1.50. The van der Waals surface area contributed by atoms with Crippen LogP contribution in [0.3, 0.4) is 0 Å². The zero-order chi connectivity index (χ0) is 23.6. The Morgan fingerprint density at radius 1 is 0.444 bits per heavy atom. The zero-order valence-corrected chi connectivity index (χ0v) is 20.2. The minimum absolute atomic E-state index is 0.941. The molecule has 0 atom stereocenters. The lowest BCUT2D eigenvalue weighted by atomic mass is 9.88. The summed E-state index contributed by atoms with van der Waals surface area (Å²) in [5.74, 6) is 0. The standard InChI is InChI=1S/C34H20OS/c1-2-10-21(11-3-1)32-23-13-4-6-15-25(23)33(26-16-7-5-14-24(26)32)31-20-28-30(36-31)19-18-27-22-12-8-9-17-29(22)35-34(27)28/h1-20H. The fourth-order valence-corrected chi connectivity index (χ4v) is 6.86. The van der Waals surface area contributed by atoms with Crippen molar-refractivity contribution in [2.75, 3.05) is 0 Å². The Kier molecular flexibility index (Phi) is 4.16. The average molecular weight is 477 g/mol. The van der Waals surface area contributed by atoms with Gasteiger partial charge in [-0.1, -0.05) is 97.1 Å². The lowest BCUT2D eigenvalue weighted by Gasteiger charge is -2.16. The van der Waals surface area contributed by atoms with Gasteiger partial charge >= 0.3 is 0 Å². The van der Waals surface area contributed by atoms with Crippen molar-refractivity contribution in [1.29, 1.82) is 0 Å². The van der Waals surface area contributed by atoms with Crippen LogP contribution >= 0.6 is 11.3 Å². The Labute approximate surface area is 211 Å². The Hall–Kier alpha value is -4.40. The largest absolute Gasteiger partial charge is 0.455 e. The number of hydrogen-bond acceptors (Lipinski definition) is 2. The predicted octanol–water partition coefficient (Wildman–Crippen LogP) is 10.4. The molecule has 0 saturated carbocycles. The fourth-order valence-electron chi connectivity index (χ4n) is 5.73. The molecule has 36 heavy (non-hydrogen) atoms. The highest BCUT2D eigenvalue weighted by Gasteiger charge is 2.19. The molecule has 8 rings (SSSR count). The van der Waals surface area contributed by atoms with E-state index in [1.165, 1.54) is 64.0 Å². The molecule has 2 heterocycles. The minimum Gasteiger partial charge on any atom is -0.455 e. The number of thiophene rings is 1. The highest BCUT2D eigenvalue weighted by molar-refractivity contribution is 7.22. The Morgan fingerprint density at radius 2 is 1.03 bits per heavy atom. The molecule has 1 nitrogen and oxygen atoms in total. The molecular formula is C34H20OS. The van der Waals surface area contributed by atoms with Crippen molar-refractivity contribution >= 4 is 64.9 Å². The van der Waals surface area contributed by atoms with Gasteiger partial charge in [0.2, 0.25) is 0 Å². The van der Waals surface area contributed by atoms with E-state index in [0.29, 0.717) is 0 Å². The van der Waals surface area contributed by atoms with Crippen LogP contribution in [0, 0.1) is 0 Å². The van der Waals surface area contributed by atoms with E-state index >= 15 is 0 Å². The van der Waals surface area contributed by atoms with Crippen LogP contribution in [0.4, 0.5) is 0 Å². The van der Waals surface area contributed by atoms with Crippen LogP contribution in [0.15, 0.2) is 126 Å². The van der Waals surface area contributed by atoms with Crippen LogP contribution in [0.2, 0.25) is 0 Å². The van der Waals surface area contributed by atoms with Crippen molar-refractivity contribution < 1.29 is 4.42 Å². The summed E-state index contributed by atoms with van der Waals surface area (Å²) in [7, 11) is 0. The second-order valence-corrected chi connectivity index (χ2v) is 10.4. The highest BCUT2D eigenvalue weighted by Crippen LogP contribution is 2.47. The van der Waals surface area contributed by atoms with Gasteiger partial charge in [0.15, 0.2) is 0 Å². The van der Waals surface area contributed by atoms with Gasteiger partial charge in [0.1, 0.15) is 11.2 Å². The molecule has 0 amide bonds. The third-order valence-corrected chi connectivity index (χ3v) is 8.40. The molecule has 2 aromatic heterocycles. The number of fused-ring (bicyclic) bond motifs is 7. The van der Waals surface area contributed by atoms with Crippen molar-refractivity contribution in [3.63, 3.8) is 0 Å². The number of benzene rings is 6. The SMILES string of the molecule is c1ccc(-c2c3ccccc3c(-c3cc4c(ccc5c6ccccc6oc45)s3)c3ccccc23)cc1. The monoisotopic (exact) mass is 476 g/mol. The first kappa shape index (κ1) is 19.9. The first-order valence-electron chi connectivity index (χ1n) is 12.2. The summed E-state index contributed by atoms with van der Waals surface area (Å²) in [4.78, 5) is 1.27. The van der Waals surface area contributed by atoms with E-state index < -0.39 is 0 Å². The maximum absolute atomic E-state index is 6.37. The number of para-hydroxylation sites is 1. The molecule has 6 aromatic carbocycles. The topological polar surface area (TPSA) is 13.1 Å². The quantitative estimate of drug-likeness (QED) is 0.226. The lowest BCUT2D eigenvalue weighted by Crippen LogP contribution is -1.89. The summed E-state index contributed by atoms with van der Waals surface area (Å²) in [5.41, 5.74) is 5.76. The summed E-state index contributed by atoms with van der Waals surface area (Å²) in [6, 6.07) is 43.5. The minimum atomic E-state index is 0.941. The second kappa shape index (κ2) is 7.55. The van der Waals surface area contributed by atoms with Crippen molar-refractivity contribution in [1.82, 2.24) is 0 Å². The van der Waals surface area contributed by atoms with Gasteiger partial charge in [0.25, 0.3) is 0 Å². The summed E-state index contributed by atoms with van der Waals surface area (Å²) in [6.45, 7) is 0. The van der Waals surface area contributed by atoms with Gasteiger partial charge in [-0.05, 0) is 56.9 Å². The van der Waals surface area contributed by atoms with E-state index in [4.69, 9.17) is 4.42 Å². The van der Waals surface area contributed by atoms with Gasteiger partial charge in [0, 0.05) is 31.3 Å². The van der Waals surface area contributed by atoms with Crippen molar-refractivity contribution in [3.05, 3.63) is 121 Å². The predicted molar refractivity (Wildman–Crippen MR) is 155 cm³/mol. The van der Waals surface area contributed by atoms with Gasteiger partial charge in [-0.2, -0.15) is 0 Å². The first-order valence-corrected chi connectivity index (χ1v) is 13.0. The molecule has 0 radical (unpaired) electrons. The third kappa shape index (κ3) is 2.76. The van der Waals surface area contributed by atoms with Gasteiger partial charge in [-0.15, -0.1) is 11.3 Å². The van der Waals surface area contributed by atoms with E-state index in [1.54, 1.807) is 0 Å². The highest BCUT2D eigenvalue weighted by atomic mass is 32.1. The Morgan fingerprint density at radius 3 is 1.72 bits per heavy atom. The van der Waals surface area contributed by atoms with Gasteiger partial charge in [0.05, 0.1) is 0 Å². The van der Waals surface area contributed by atoms with E-state index in [2.05, 4.69) is 115 Å². The molecular weight excluding hydrogens is 456 g/mol. The molecule has 0 aliphatic carbocycles. The Bertz CT molecular complexity index is 2040. The molecule has 8 aromatic rings. The van der Waals surface area contributed by atoms with E-state index in [1.807, 2.05) is 17.4 Å². The van der Waals surface area contributed by atoms with Gasteiger partial charge in [-0.3, -0.25) is 0 Å². The van der Waals surface area contributed by atoms with Crippen LogP contribution in [0.25, 0.3) is 75.1 Å². The average Bonchev–Trinajstić information content (AvgIpc) is 3.53. The molecule has 0 N–H and O–H groups in total. The molecule has 0 spiro atoms. The summed E-state index contributed by atoms with van der Waals surface area (Å²) >= 11 is 1.85. The normalized spacial score (nSPS) is 11.9. The van der Waals surface area contributed by atoms with Crippen molar-refractivity contribution in [2.24, 2.45) is 0 Å². The third-order valence-electron chi connectivity index (χ3n) is 7.28. The second-order valence-electron chi connectivity index (χ2n) is 9.27. The molecule has 0 aliphatic rings. The molecule has 0 saturated heterocycles. The van der Waals surface area contributed by atoms with Crippen LogP contribution in [-0.4, -0.2) is 0 Å². The van der Waals surface area contributed by atoms with Crippen molar-refractivity contribution in [3.8, 4) is 21.6 Å². The summed E-state index contributed by atoms with van der Waals surface area (Å²) < 4.78 is 7.62. The maximum Gasteiger partial charge on any atom is 0.144 e. The molecule has 2 heteroatoms. The molecule has 0 aliphatic heterocycles. The van der Waals surface area contributed by atoms with E-state index in [-0.39, 0.29) is 0 Å².